The zero-order chi connectivity index (χ0) is 18.3. The Labute approximate surface area is 145 Å². The van der Waals surface area contributed by atoms with Crippen molar-refractivity contribution in [2.24, 2.45) is 0 Å². The number of anilines is 1. The third kappa shape index (κ3) is 2.74. The molecule has 136 valence electrons. The maximum absolute atomic E-state index is 13.5. The van der Waals surface area contributed by atoms with Gasteiger partial charge in [0, 0.05) is 30.4 Å². The first-order valence-corrected chi connectivity index (χ1v) is 8.02. The van der Waals surface area contributed by atoms with Gasteiger partial charge in [-0.1, -0.05) is 6.07 Å². The summed E-state index contributed by atoms with van der Waals surface area (Å²) in [4.78, 5) is 20.9. The number of pyridine rings is 2. The summed E-state index contributed by atoms with van der Waals surface area (Å²) >= 11 is 0. The molecule has 26 heavy (non-hydrogen) atoms. The highest BCUT2D eigenvalue weighted by atomic mass is 19.4. The average molecular weight is 364 g/mol. The number of morpholine rings is 1. The molecular formula is C17H15F3N4O2. The van der Waals surface area contributed by atoms with Crippen molar-refractivity contribution in [1.82, 2.24) is 14.5 Å². The van der Waals surface area contributed by atoms with E-state index in [9.17, 15) is 18.0 Å². The average Bonchev–Trinajstić information content (AvgIpc) is 3.10. The first kappa shape index (κ1) is 16.6. The number of aromatic amines is 1. The zero-order valence-corrected chi connectivity index (χ0v) is 13.5. The van der Waals surface area contributed by atoms with Crippen molar-refractivity contribution in [1.29, 1.82) is 0 Å². The maximum atomic E-state index is 13.5. The fourth-order valence-electron chi connectivity index (χ4n) is 3.24. The molecule has 4 heterocycles. The highest BCUT2D eigenvalue weighted by molar-refractivity contribution is 5.85. The lowest BCUT2D eigenvalue weighted by molar-refractivity contribution is -0.167. The van der Waals surface area contributed by atoms with Crippen LogP contribution in [-0.2, 0) is 4.74 Å². The molecular weight excluding hydrogens is 349 g/mol. The second kappa shape index (κ2) is 6.17. The maximum Gasteiger partial charge on any atom is 0.411 e. The van der Waals surface area contributed by atoms with E-state index in [2.05, 4.69) is 9.97 Å². The number of halogens is 3. The molecule has 6 nitrogen and oxygen atoms in total. The lowest BCUT2D eigenvalue weighted by Crippen LogP contribution is -2.54. The van der Waals surface area contributed by atoms with Gasteiger partial charge in [-0.25, -0.2) is 4.98 Å². The third-order valence-electron chi connectivity index (χ3n) is 4.41. The Hall–Kier alpha value is -2.81. The van der Waals surface area contributed by atoms with Crippen molar-refractivity contribution in [3.05, 3.63) is 53.1 Å². The van der Waals surface area contributed by atoms with Crippen LogP contribution in [0.25, 0.3) is 16.7 Å². The minimum atomic E-state index is -4.47. The van der Waals surface area contributed by atoms with Gasteiger partial charge in [0.05, 0.1) is 18.9 Å². The van der Waals surface area contributed by atoms with E-state index in [1.807, 2.05) is 0 Å². The van der Waals surface area contributed by atoms with E-state index in [0.717, 1.165) is 0 Å². The molecule has 1 aliphatic heterocycles. The number of nitrogens with zero attached hydrogens (tertiary/aromatic N) is 3. The third-order valence-corrected chi connectivity index (χ3v) is 4.41. The van der Waals surface area contributed by atoms with E-state index < -0.39 is 24.4 Å². The fraction of sp³-hybridized carbons (Fsp3) is 0.294. The molecule has 4 rings (SSSR count). The number of fused-ring (bicyclic) bond motifs is 1. The Balaban J connectivity index is 1.93. The predicted octanol–water partition coefficient (Wildman–Crippen LogP) is 2.48. The van der Waals surface area contributed by atoms with Crippen LogP contribution in [0.4, 0.5) is 19.0 Å². The summed E-state index contributed by atoms with van der Waals surface area (Å²) in [6.45, 7) is -0.275. The van der Waals surface area contributed by atoms with E-state index in [0.29, 0.717) is 16.7 Å². The highest BCUT2D eigenvalue weighted by Crippen LogP contribution is 2.32. The molecule has 1 fully saturated rings. The van der Waals surface area contributed by atoms with Gasteiger partial charge < -0.3 is 14.6 Å². The summed E-state index contributed by atoms with van der Waals surface area (Å²) < 4.78 is 46.8. The molecule has 3 aromatic rings. The van der Waals surface area contributed by atoms with Gasteiger partial charge in [-0.15, -0.1) is 0 Å². The molecule has 0 aromatic carbocycles. The molecule has 1 unspecified atom stereocenters. The van der Waals surface area contributed by atoms with Crippen molar-refractivity contribution in [3.63, 3.8) is 0 Å². The summed E-state index contributed by atoms with van der Waals surface area (Å²) in [7, 11) is 0. The molecule has 0 amide bonds. The van der Waals surface area contributed by atoms with Gasteiger partial charge in [0.1, 0.15) is 17.5 Å². The topological polar surface area (TPSA) is 63.1 Å². The molecule has 1 aliphatic rings. The quantitative estimate of drug-likeness (QED) is 0.759. The van der Waals surface area contributed by atoms with Gasteiger partial charge >= 0.3 is 6.18 Å². The SMILES string of the molecule is O=c1cccc(N2CCOCC2C(F)(F)F)n1-c1ccnc2[nH]ccc12. The number of hydrogen-bond donors (Lipinski definition) is 1. The number of hydrogen-bond acceptors (Lipinski definition) is 4. The first-order chi connectivity index (χ1) is 12.5. The number of rotatable bonds is 2. The van der Waals surface area contributed by atoms with E-state index in [-0.39, 0.29) is 19.0 Å². The van der Waals surface area contributed by atoms with E-state index in [1.165, 1.54) is 33.9 Å². The van der Waals surface area contributed by atoms with E-state index in [1.54, 1.807) is 18.3 Å². The summed E-state index contributed by atoms with van der Waals surface area (Å²) in [6, 6.07) is 5.85. The van der Waals surface area contributed by atoms with Crippen LogP contribution in [0.5, 0.6) is 0 Å². The Bertz CT molecular complexity index is 995. The monoisotopic (exact) mass is 364 g/mol. The van der Waals surface area contributed by atoms with Gasteiger partial charge in [0.25, 0.3) is 5.56 Å². The van der Waals surface area contributed by atoms with Crippen molar-refractivity contribution < 1.29 is 17.9 Å². The number of alkyl halides is 3. The van der Waals surface area contributed by atoms with Gasteiger partial charge in [0.2, 0.25) is 0 Å². The first-order valence-electron chi connectivity index (χ1n) is 8.02. The molecule has 1 saturated heterocycles. The van der Waals surface area contributed by atoms with Gasteiger partial charge in [0.15, 0.2) is 0 Å². The highest BCUT2D eigenvalue weighted by Gasteiger charge is 2.46. The zero-order valence-electron chi connectivity index (χ0n) is 13.5. The van der Waals surface area contributed by atoms with Gasteiger partial charge in [-0.2, -0.15) is 13.2 Å². The van der Waals surface area contributed by atoms with Crippen molar-refractivity contribution in [3.8, 4) is 5.69 Å². The normalized spacial score (nSPS) is 18.4. The van der Waals surface area contributed by atoms with Crippen LogP contribution in [0.3, 0.4) is 0 Å². The molecule has 0 saturated carbocycles. The summed E-state index contributed by atoms with van der Waals surface area (Å²) in [5.74, 6) is 0.178. The predicted molar refractivity (Wildman–Crippen MR) is 89.7 cm³/mol. The lowest BCUT2D eigenvalue weighted by atomic mass is 10.2. The molecule has 1 N–H and O–H groups in total. The van der Waals surface area contributed by atoms with Gasteiger partial charge in [-0.05, 0) is 18.2 Å². The largest absolute Gasteiger partial charge is 0.411 e. The van der Waals surface area contributed by atoms with Crippen molar-refractivity contribution in [2.45, 2.75) is 12.2 Å². The smallest absolute Gasteiger partial charge is 0.377 e. The second-order valence-electron chi connectivity index (χ2n) is 5.95. The standard InChI is InChI=1S/C17H15F3N4O2/c18-17(19,20)13-10-26-9-8-23(13)14-2-1-3-15(25)24(14)12-5-7-22-16-11(12)4-6-21-16/h1-7,13H,8-10H2,(H,21,22). The van der Waals surface area contributed by atoms with Crippen LogP contribution in [0.1, 0.15) is 0 Å². The molecule has 0 bridgehead atoms. The van der Waals surface area contributed by atoms with Crippen LogP contribution in [0, 0.1) is 0 Å². The summed E-state index contributed by atoms with van der Waals surface area (Å²) in [5, 5.41) is 0.652. The van der Waals surface area contributed by atoms with Crippen LogP contribution in [-0.4, -0.2) is 46.5 Å². The molecule has 3 aromatic heterocycles. The van der Waals surface area contributed by atoms with Crippen LogP contribution >= 0.6 is 0 Å². The number of nitrogens with one attached hydrogen (secondary N) is 1. The minimum absolute atomic E-state index is 0.0367. The Morgan fingerprint density at radius 3 is 2.88 bits per heavy atom. The summed E-state index contributed by atoms with van der Waals surface area (Å²) in [6.07, 6.45) is -1.29. The summed E-state index contributed by atoms with van der Waals surface area (Å²) in [5.41, 5.74) is 0.617. The van der Waals surface area contributed by atoms with Crippen LogP contribution in [0.2, 0.25) is 0 Å². The second-order valence-corrected chi connectivity index (χ2v) is 5.95. The number of ether oxygens (including phenoxy) is 1. The Morgan fingerprint density at radius 1 is 1.23 bits per heavy atom. The molecule has 0 radical (unpaired) electrons. The molecule has 1 atom stereocenters. The molecule has 0 spiro atoms. The molecule has 0 aliphatic carbocycles. The van der Waals surface area contributed by atoms with Crippen molar-refractivity contribution in [2.75, 3.05) is 24.7 Å². The molecule has 9 heteroatoms. The lowest BCUT2D eigenvalue weighted by Gasteiger charge is -2.39. The van der Waals surface area contributed by atoms with E-state index >= 15 is 0 Å². The number of aromatic nitrogens is 3. The van der Waals surface area contributed by atoms with E-state index in [4.69, 9.17) is 4.74 Å². The van der Waals surface area contributed by atoms with Crippen LogP contribution in [0.15, 0.2) is 47.5 Å². The minimum Gasteiger partial charge on any atom is -0.377 e. The fourth-order valence-corrected chi connectivity index (χ4v) is 3.24. The van der Waals surface area contributed by atoms with Crippen molar-refractivity contribution >= 4 is 16.9 Å². The van der Waals surface area contributed by atoms with Crippen LogP contribution < -0.4 is 10.5 Å². The number of H-pyrrole nitrogens is 1. The van der Waals surface area contributed by atoms with Gasteiger partial charge in [-0.3, -0.25) is 9.36 Å². The Morgan fingerprint density at radius 2 is 2.08 bits per heavy atom. The Kier molecular flexibility index (Phi) is 3.95.